The molecule has 24 heavy (non-hydrogen) atoms. The van der Waals surface area contributed by atoms with Crippen LogP contribution < -0.4 is 10.1 Å². The largest absolute Gasteiger partial charge is 0.492 e. The molecule has 1 amide bonds. The highest BCUT2D eigenvalue weighted by molar-refractivity contribution is 6.48. The molecule has 1 aromatic heterocycles. The molecule has 0 saturated carbocycles. The third kappa shape index (κ3) is 3.12. The standard InChI is InChI=1S/C18H15ClN2O3/c1-2-24-16-6-4-3-5-14(16)21-18(23)17(22)13-10-20-15-9-11(19)7-8-12(13)15/h3-10,20H,2H2,1H3,(H,21,23). The second kappa shape index (κ2) is 6.76. The van der Waals surface area contributed by atoms with Gasteiger partial charge >= 0.3 is 0 Å². The van der Waals surface area contributed by atoms with Gasteiger partial charge in [0.05, 0.1) is 17.9 Å². The van der Waals surface area contributed by atoms with Crippen LogP contribution in [0.25, 0.3) is 10.9 Å². The van der Waals surface area contributed by atoms with Crippen molar-refractivity contribution in [1.82, 2.24) is 4.98 Å². The first kappa shape index (κ1) is 16.1. The number of para-hydroxylation sites is 2. The molecule has 2 aromatic carbocycles. The van der Waals surface area contributed by atoms with Gasteiger partial charge in [0.1, 0.15) is 5.75 Å². The number of ketones is 1. The van der Waals surface area contributed by atoms with Crippen LogP contribution in [0.1, 0.15) is 17.3 Å². The minimum absolute atomic E-state index is 0.299. The molecule has 0 unspecified atom stereocenters. The average Bonchev–Trinajstić information content (AvgIpc) is 2.99. The lowest BCUT2D eigenvalue weighted by Crippen LogP contribution is -2.23. The maximum absolute atomic E-state index is 12.5. The molecule has 0 saturated heterocycles. The summed E-state index contributed by atoms with van der Waals surface area (Å²) >= 11 is 5.93. The fraction of sp³-hybridized carbons (Fsp3) is 0.111. The second-order valence-electron chi connectivity index (χ2n) is 5.10. The number of rotatable bonds is 5. The van der Waals surface area contributed by atoms with Crippen LogP contribution in [0.15, 0.2) is 48.7 Å². The quantitative estimate of drug-likeness (QED) is 0.543. The van der Waals surface area contributed by atoms with E-state index in [2.05, 4.69) is 10.3 Å². The number of amides is 1. The summed E-state index contributed by atoms with van der Waals surface area (Å²) < 4.78 is 5.44. The molecule has 0 aliphatic carbocycles. The summed E-state index contributed by atoms with van der Waals surface area (Å²) in [5.74, 6) is -0.834. The van der Waals surface area contributed by atoms with Crippen molar-refractivity contribution in [3.05, 3.63) is 59.2 Å². The Morgan fingerprint density at radius 1 is 1.21 bits per heavy atom. The van der Waals surface area contributed by atoms with E-state index in [0.717, 1.165) is 0 Å². The number of carbonyl (C=O) groups is 2. The number of carbonyl (C=O) groups excluding carboxylic acids is 2. The Balaban J connectivity index is 1.86. The van der Waals surface area contributed by atoms with E-state index in [9.17, 15) is 9.59 Å². The summed E-state index contributed by atoms with van der Waals surface area (Å²) in [6.07, 6.45) is 1.51. The van der Waals surface area contributed by atoms with E-state index < -0.39 is 11.7 Å². The maximum atomic E-state index is 12.5. The molecule has 0 spiro atoms. The number of H-pyrrole nitrogens is 1. The predicted molar refractivity (Wildman–Crippen MR) is 93.9 cm³/mol. The van der Waals surface area contributed by atoms with Gasteiger partial charge in [-0.05, 0) is 31.2 Å². The van der Waals surface area contributed by atoms with E-state index in [0.29, 0.717) is 39.5 Å². The average molecular weight is 343 g/mol. The van der Waals surface area contributed by atoms with Gasteiger partial charge in [0.2, 0.25) is 0 Å². The molecule has 0 bridgehead atoms. The van der Waals surface area contributed by atoms with Gasteiger partial charge in [-0.15, -0.1) is 0 Å². The Hall–Kier alpha value is -2.79. The monoisotopic (exact) mass is 342 g/mol. The third-order valence-electron chi connectivity index (χ3n) is 3.53. The number of benzene rings is 2. The number of fused-ring (bicyclic) bond motifs is 1. The molecule has 0 aliphatic heterocycles. The summed E-state index contributed by atoms with van der Waals surface area (Å²) in [4.78, 5) is 27.7. The molecular weight excluding hydrogens is 328 g/mol. The first-order valence-corrected chi connectivity index (χ1v) is 7.82. The van der Waals surface area contributed by atoms with Crippen molar-refractivity contribution in [3.63, 3.8) is 0 Å². The van der Waals surface area contributed by atoms with E-state index >= 15 is 0 Å². The highest BCUT2D eigenvalue weighted by Gasteiger charge is 2.21. The van der Waals surface area contributed by atoms with Crippen LogP contribution in [0.2, 0.25) is 5.02 Å². The van der Waals surface area contributed by atoms with Crippen molar-refractivity contribution in [3.8, 4) is 5.75 Å². The van der Waals surface area contributed by atoms with Crippen molar-refractivity contribution in [1.29, 1.82) is 0 Å². The number of nitrogens with one attached hydrogen (secondary N) is 2. The van der Waals surface area contributed by atoms with Crippen LogP contribution in [0.4, 0.5) is 5.69 Å². The number of hydrogen-bond donors (Lipinski definition) is 2. The van der Waals surface area contributed by atoms with E-state index in [1.54, 1.807) is 42.5 Å². The van der Waals surface area contributed by atoms with Crippen LogP contribution in [-0.2, 0) is 4.79 Å². The van der Waals surface area contributed by atoms with Crippen LogP contribution in [0.3, 0.4) is 0 Å². The summed E-state index contributed by atoms with van der Waals surface area (Å²) in [5.41, 5.74) is 1.46. The Labute approximate surface area is 143 Å². The molecule has 3 aromatic rings. The second-order valence-corrected chi connectivity index (χ2v) is 5.54. The summed E-state index contributed by atoms with van der Waals surface area (Å²) in [7, 11) is 0. The van der Waals surface area contributed by atoms with E-state index in [1.807, 2.05) is 6.92 Å². The van der Waals surface area contributed by atoms with E-state index in [1.165, 1.54) is 6.20 Å². The lowest BCUT2D eigenvalue weighted by Gasteiger charge is -2.10. The summed E-state index contributed by atoms with van der Waals surface area (Å²) in [6, 6.07) is 12.1. The van der Waals surface area contributed by atoms with Crippen LogP contribution in [-0.4, -0.2) is 23.3 Å². The zero-order valence-electron chi connectivity index (χ0n) is 12.9. The maximum Gasteiger partial charge on any atom is 0.296 e. The molecule has 0 radical (unpaired) electrons. The molecular formula is C18H15ClN2O3. The number of Topliss-reactive ketones (excluding diaryl/α,β-unsaturated/α-hetero) is 1. The van der Waals surface area contributed by atoms with E-state index in [-0.39, 0.29) is 0 Å². The highest BCUT2D eigenvalue weighted by Crippen LogP contribution is 2.25. The third-order valence-corrected chi connectivity index (χ3v) is 3.76. The number of aromatic amines is 1. The van der Waals surface area contributed by atoms with Crippen molar-refractivity contribution in [2.24, 2.45) is 0 Å². The van der Waals surface area contributed by atoms with Gasteiger partial charge in [-0.25, -0.2) is 0 Å². The summed E-state index contributed by atoms with van der Waals surface area (Å²) in [6.45, 7) is 2.31. The molecule has 0 fully saturated rings. The van der Waals surface area contributed by atoms with Gasteiger partial charge in [-0.3, -0.25) is 9.59 Å². The smallest absolute Gasteiger partial charge is 0.296 e. The van der Waals surface area contributed by atoms with Gasteiger partial charge in [0, 0.05) is 22.1 Å². The van der Waals surface area contributed by atoms with Gasteiger partial charge in [0.25, 0.3) is 11.7 Å². The highest BCUT2D eigenvalue weighted by atomic mass is 35.5. The zero-order valence-corrected chi connectivity index (χ0v) is 13.7. The fourth-order valence-corrected chi connectivity index (χ4v) is 2.61. The molecule has 0 atom stereocenters. The Kier molecular flexibility index (Phi) is 4.53. The SMILES string of the molecule is CCOc1ccccc1NC(=O)C(=O)c1c[nH]c2cc(Cl)ccc12. The van der Waals surface area contributed by atoms with Crippen LogP contribution >= 0.6 is 11.6 Å². The zero-order chi connectivity index (χ0) is 17.1. The number of ether oxygens (including phenoxy) is 1. The minimum atomic E-state index is -0.724. The first-order chi connectivity index (χ1) is 11.6. The molecule has 6 heteroatoms. The minimum Gasteiger partial charge on any atom is -0.492 e. The number of hydrogen-bond acceptors (Lipinski definition) is 3. The molecule has 0 aliphatic rings. The number of aromatic nitrogens is 1. The lowest BCUT2D eigenvalue weighted by atomic mass is 10.1. The van der Waals surface area contributed by atoms with Gasteiger partial charge < -0.3 is 15.0 Å². The molecule has 1 heterocycles. The van der Waals surface area contributed by atoms with Crippen molar-refractivity contribution >= 4 is 39.9 Å². The van der Waals surface area contributed by atoms with Crippen LogP contribution in [0, 0.1) is 0 Å². The number of halogens is 1. The first-order valence-electron chi connectivity index (χ1n) is 7.44. The Morgan fingerprint density at radius 2 is 2.00 bits per heavy atom. The fourth-order valence-electron chi connectivity index (χ4n) is 2.44. The lowest BCUT2D eigenvalue weighted by molar-refractivity contribution is -0.112. The van der Waals surface area contributed by atoms with Crippen molar-refractivity contribution in [2.75, 3.05) is 11.9 Å². The Bertz CT molecular complexity index is 918. The molecule has 2 N–H and O–H groups in total. The summed E-state index contributed by atoms with van der Waals surface area (Å²) in [5, 5.41) is 3.81. The number of anilines is 1. The normalized spacial score (nSPS) is 10.6. The van der Waals surface area contributed by atoms with Gasteiger partial charge in [-0.2, -0.15) is 0 Å². The van der Waals surface area contributed by atoms with Gasteiger partial charge in [0.15, 0.2) is 0 Å². The predicted octanol–water partition coefficient (Wildman–Crippen LogP) is 4.04. The Morgan fingerprint density at radius 3 is 2.79 bits per heavy atom. The van der Waals surface area contributed by atoms with Crippen molar-refractivity contribution < 1.29 is 14.3 Å². The van der Waals surface area contributed by atoms with E-state index in [4.69, 9.17) is 16.3 Å². The molecule has 5 nitrogen and oxygen atoms in total. The topological polar surface area (TPSA) is 71.2 Å². The van der Waals surface area contributed by atoms with Crippen LogP contribution in [0.5, 0.6) is 5.75 Å². The molecule has 3 rings (SSSR count). The molecule has 122 valence electrons. The van der Waals surface area contributed by atoms with Gasteiger partial charge in [-0.1, -0.05) is 29.8 Å². The van der Waals surface area contributed by atoms with Crippen molar-refractivity contribution in [2.45, 2.75) is 6.92 Å².